The third-order valence-corrected chi connectivity index (χ3v) is 11.4. The van der Waals surface area contributed by atoms with Gasteiger partial charge < -0.3 is 18.9 Å². The zero-order chi connectivity index (χ0) is 44.4. The van der Waals surface area contributed by atoms with Gasteiger partial charge in [0.15, 0.2) is 0 Å². The molecule has 2 atom stereocenters. The molecule has 0 aromatic heterocycles. The Bertz CT molecular complexity index is 1170. The highest BCUT2D eigenvalue weighted by Gasteiger charge is 2.37. The topological polar surface area (TPSA) is 105 Å². The maximum Gasteiger partial charge on any atom is 0.339 e. The van der Waals surface area contributed by atoms with Gasteiger partial charge in [-0.25, -0.2) is 9.59 Å². The number of rotatable bonds is 32. The molecule has 0 aliphatic heterocycles. The number of ether oxygens (including phenoxy) is 4. The van der Waals surface area contributed by atoms with Crippen molar-refractivity contribution in [2.45, 2.75) is 209 Å². The minimum atomic E-state index is -0.446. The fourth-order valence-electron chi connectivity index (χ4n) is 7.61. The number of esters is 4. The third kappa shape index (κ3) is 28.6. The minimum absolute atomic E-state index is 0. The molecule has 1 aromatic rings. The standard InChI is InChI=1S/C26H48O4.C26H42O4.H2/c2*1-21(2)15-9-5-7-13-19-29-25(27)23-17-11-12-18-24(23)26(28)30-20-14-8-6-10-16-22(3)4;/h21-24H,5-20H2,1-4H3;11-12,17-18,21-22H,5-10,13-16,19-20H2,1-4H3;1H. The Morgan fingerprint density at radius 2 is 0.700 bits per heavy atom. The summed E-state index contributed by atoms with van der Waals surface area (Å²) in [4.78, 5) is 50.0. The molecule has 1 fully saturated rings. The van der Waals surface area contributed by atoms with Crippen LogP contribution in [0.5, 0.6) is 0 Å². The highest BCUT2D eigenvalue weighted by molar-refractivity contribution is 6.03. The van der Waals surface area contributed by atoms with E-state index in [0.717, 1.165) is 114 Å². The predicted molar refractivity (Wildman–Crippen MR) is 248 cm³/mol. The first-order valence-electron chi connectivity index (χ1n) is 24.6. The number of hydrogen-bond donors (Lipinski definition) is 0. The van der Waals surface area contributed by atoms with Gasteiger partial charge in [-0.05, 0) is 74.3 Å². The van der Waals surface area contributed by atoms with Crippen LogP contribution >= 0.6 is 0 Å². The van der Waals surface area contributed by atoms with Crippen LogP contribution in [0.15, 0.2) is 24.3 Å². The largest absolute Gasteiger partial charge is 0.465 e. The van der Waals surface area contributed by atoms with Crippen molar-refractivity contribution in [3.05, 3.63) is 35.4 Å². The lowest BCUT2D eigenvalue weighted by Gasteiger charge is -2.28. The Hall–Kier alpha value is -2.90. The molecule has 0 N–H and O–H groups in total. The van der Waals surface area contributed by atoms with Crippen molar-refractivity contribution in [3.63, 3.8) is 0 Å². The molecule has 0 radical (unpaired) electrons. The van der Waals surface area contributed by atoms with Crippen molar-refractivity contribution in [1.29, 1.82) is 0 Å². The first kappa shape index (κ1) is 55.1. The molecule has 0 spiro atoms. The molecule has 8 heteroatoms. The monoisotopic (exact) mass is 845 g/mol. The van der Waals surface area contributed by atoms with Crippen LogP contribution in [0.3, 0.4) is 0 Å². The molecule has 0 bridgehead atoms. The molecule has 0 heterocycles. The SMILES string of the molecule is CC(C)CCCCCCOC(=O)C1CCCCC1C(=O)OCCCCCCC(C)C.CC(C)CCCCCCOC(=O)c1ccccc1C(=O)OCCCCCCC(C)C.[HH]. The molecule has 0 amide bonds. The zero-order valence-electron chi connectivity index (χ0n) is 39.8. The molecule has 0 saturated heterocycles. The summed E-state index contributed by atoms with van der Waals surface area (Å²) in [6, 6.07) is 6.75. The number of carbonyl (C=O) groups excluding carboxylic acids is 4. The second-order valence-electron chi connectivity index (χ2n) is 19.0. The van der Waals surface area contributed by atoms with Gasteiger partial charge in [0.05, 0.1) is 49.4 Å². The molecule has 2 unspecified atom stereocenters. The van der Waals surface area contributed by atoms with Gasteiger partial charge in [0.1, 0.15) is 0 Å². The van der Waals surface area contributed by atoms with Crippen LogP contribution in [0.25, 0.3) is 0 Å². The van der Waals surface area contributed by atoms with Crippen molar-refractivity contribution < 1.29 is 39.6 Å². The first-order valence-corrected chi connectivity index (χ1v) is 24.6. The smallest absolute Gasteiger partial charge is 0.339 e. The van der Waals surface area contributed by atoms with E-state index in [1.807, 2.05) is 0 Å². The molecule has 1 aromatic carbocycles. The van der Waals surface area contributed by atoms with Crippen LogP contribution in [0.1, 0.15) is 232 Å². The van der Waals surface area contributed by atoms with Gasteiger partial charge in [0, 0.05) is 1.43 Å². The van der Waals surface area contributed by atoms with Gasteiger partial charge >= 0.3 is 23.9 Å². The molecule has 60 heavy (non-hydrogen) atoms. The predicted octanol–water partition coefficient (Wildman–Crippen LogP) is 14.6. The molecule has 1 saturated carbocycles. The fourth-order valence-corrected chi connectivity index (χ4v) is 7.61. The summed E-state index contributed by atoms with van der Waals surface area (Å²) in [5.41, 5.74) is 0.582. The van der Waals surface area contributed by atoms with E-state index in [0.29, 0.717) is 37.6 Å². The van der Waals surface area contributed by atoms with E-state index < -0.39 is 11.9 Å². The van der Waals surface area contributed by atoms with E-state index in [2.05, 4.69) is 55.4 Å². The molecule has 1 aliphatic rings. The van der Waals surface area contributed by atoms with Gasteiger partial charge in [-0.3, -0.25) is 9.59 Å². The van der Waals surface area contributed by atoms with Crippen molar-refractivity contribution in [2.24, 2.45) is 35.5 Å². The van der Waals surface area contributed by atoms with Crippen molar-refractivity contribution >= 4 is 23.9 Å². The maximum absolute atomic E-state index is 12.6. The summed E-state index contributed by atoms with van der Waals surface area (Å²) in [5.74, 6) is 1.12. The summed E-state index contributed by atoms with van der Waals surface area (Å²) in [6.45, 7) is 19.7. The Labute approximate surface area is 369 Å². The number of hydrogen-bond acceptors (Lipinski definition) is 8. The van der Waals surface area contributed by atoms with E-state index in [-0.39, 0.29) is 25.2 Å². The summed E-state index contributed by atoms with van der Waals surface area (Å²) < 4.78 is 21.8. The molecule has 1 aliphatic carbocycles. The zero-order valence-corrected chi connectivity index (χ0v) is 39.8. The van der Waals surface area contributed by atoms with Crippen molar-refractivity contribution in [1.82, 2.24) is 0 Å². The average molecular weight is 845 g/mol. The Morgan fingerprint density at radius 1 is 0.433 bits per heavy atom. The van der Waals surface area contributed by atoms with Crippen LogP contribution in [-0.4, -0.2) is 50.3 Å². The maximum atomic E-state index is 12.6. The van der Waals surface area contributed by atoms with Gasteiger partial charge in [-0.15, -0.1) is 0 Å². The number of unbranched alkanes of at least 4 members (excludes halogenated alkanes) is 12. The minimum Gasteiger partial charge on any atom is -0.465 e. The van der Waals surface area contributed by atoms with Crippen LogP contribution in [0.4, 0.5) is 0 Å². The second kappa shape index (κ2) is 35.7. The lowest BCUT2D eigenvalue weighted by Crippen LogP contribution is -2.35. The number of benzene rings is 1. The van der Waals surface area contributed by atoms with Gasteiger partial charge in [0.2, 0.25) is 0 Å². The highest BCUT2D eigenvalue weighted by atomic mass is 16.5. The van der Waals surface area contributed by atoms with E-state index >= 15 is 0 Å². The highest BCUT2D eigenvalue weighted by Crippen LogP contribution is 2.32. The van der Waals surface area contributed by atoms with E-state index in [9.17, 15) is 19.2 Å². The third-order valence-electron chi connectivity index (χ3n) is 11.4. The Kier molecular flexibility index (Phi) is 32.8. The van der Waals surface area contributed by atoms with E-state index in [1.54, 1.807) is 24.3 Å². The van der Waals surface area contributed by atoms with Crippen LogP contribution < -0.4 is 0 Å². The van der Waals surface area contributed by atoms with Crippen molar-refractivity contribution in [2.75, 3.05) is 26.4 Å². The fraction of sp³-hybridized carbons (Fsp3) is 0.808. The Morgan fingerprint density at radius 3 is 0.983 bits per heavy atom. The summed E-state index contributed by atoms with van der Waals surface area (Å²) in [7, 11) is 0. The Balaban J connectivity index is 0.00000116. The normalized spacial score (nSPS) is 15.2. The molecular formula is C52H92O8. The lowest BCUT2D eigenvalue weighted by molar-refractivity contribution is -0.163. The molecule has 348 valence electrons. The molecule has 8 nitrogen and oxygen atoms in total. The summed E-state index contributed by atoms with van der Waals surface area (Å²) in [5, 5.41) is 0. The van der Waals surface area contributed by atoms with E-state index in [1.165, 1.54) is 64.2 Å². The number of carbonyl (C=O) groups is 4. The van der Waals surface area contributed by atoms with E-state index in [4.69, 9.17) is 18.9 Å². The average Bonchev–Trinajstić information content (AvgIpc) is 3.21. The second-order valence-corrected chi connectivity index (χ2v) is 19.0. The van der Waals surface area contributed by atoms with Gasteiger partial charge in [0.25, 0.3) is 0 Å². The lowest BCUT2D eigenvalue weighted by atomic mass is 9.79. The van der Waals surface area contributed by atoms with Gasteiger partial charge in [-0.1, -0.05) is 183 Å². The first-order chi connectivity index (χ1) is 28.8. The molecule has 2 rings (SSSR count). The van der Waals surface area contributed by atoms with Crippen LogP contribution in [0.2, 0.25) is 0 Å². The van der Waals surface area contributed by atoms with Crippen LogP contribution in [0, 0.1) is 35.5 Å². The summed E-state index contributed by atoms with van der Waals surface area (Å²) in [6.07, 6.45) is 26.0. The summed E-state index contributed by atoms with van der Waals surface area (Å²) >= 11 is 0. The van der Waals surface area contributed by atoms with Gasteiger partial charge in [-0.2, -0.15) is 0 Å². The van der Waals surface area contributed by atoms with Crippen LogP contribution in [-0.2, 0) is 28.5 Å². The van der Waals surface area contributed by atoms with Crippen molar-refractivity contribution in [3.8, 4) is 0 Å². The quantitative estimate of drug-likeness (QED) is 0.0401. The molecular weight excluding hydrogens is 753 g/mol.